The number of ether oxygens (including phenoxy) is 1. The first kappa shape index (κ1) is 15.4. The number of hydroxylamine groups is 1. The van der Waals surface area contributed by atoms with Gasteiger partial charge in [0.1, 0.15) is 5.75 Å². The normalized spacial score (nSPS) is 12.8. The lowest BCUT2D eigenvalue weighted by atomic mass is 10.3. The molecule has 0 saturated heterocycles. The molecule has 1 N–H and O–H groups in total. The van der Waals surface area contributed by atoms with E-state index in [4.69, 9.17) is 4.55 Å². The smallest absolute Gasteiger partial charge is 0.408 e. The molecule has 1 rings (SSSR count). The van der Waals surface area contributed by atoms with Crippen LogP contribution in [0, 0.1) is 0 Å². The summed E-state index contributed by atoms with van der Waals surface area (Å²) in [5.41, 5.74) is 0. The molecule has 106 valence electrons. The van der Waals surface area contributed by atoms with Crippen LogP contribution in [0.1, 0.15) is 0 Å². The Bertz CT molecular complexity index is 453. The van der Waals surface area contributed by atoms with Gasteiger partial charge < -0.3 is 4.74 Å². The minimum atomic E-state index is -4.76. The van der Waals surface area contributed by atoms with Crippen LogP contribution in [0.3, 0.4) is 0 Å². The van der Waals surface area contributed by atoms with E-state index in [1.165, 1.54) is 24.3 Å². The van der Waals surface area contributed by atoms with E-state index in [0.717, 1.165) is 0 Å². The van der Waals surface area contributed by atoms with Crippen molar-refractivity contribution in [2.24, 2.45) is 0 Å². The summed E-state index contributed by atoms with van der Waals surface area (Å²) in [5, 5.41) is 0. The molecule has 0 bridgehead atoms. The van der Waals surface area contributed by atoms with Gasteiger partial charge in [0.15, 0.2) is 6.61 Å². The summed E-state index contributed by atoms with van der Waals surface area (Å²) in [5.74, 6) is -0.0152. The van der Waals surface area contributed by atoms with Gasteiger partial charge in [0.2, 0.25) is 0 Å². The van der Waals surface area contributed by atoms with Crippen LogP contribution in [0.25, 0.3) is 0 Å². The molecule has 0 aliphatic rings. The van der Waals surface area contributed by atoms with Crippen molar-refractivity contribution < 1.29 is 36.3 Å². The van der Waals surface area contributed by atoms with E-state index in [0.29, 0.717) is 0 Å². The van der Waals surface area contributed by atoms with Crippen molar-refractivity contribution in [2.45, 2.75) is 6.18 Å². The van der Waals surface area contributed by atoms with Gasteiger partial charge in [-0.15, -0.1) is 0 Å². The average Bonchev–Trinajstić information content (AvgIpc) is 2.28. The molecule has 0 aliphatic carbocycles. The molecule has 1 atom stereocenters. The Morgan fingerprint density at radius 3 is 2.37 bits per heavy atom. The molecule has 0 saturated carbocycles. The number of nitrogens with zero attached hydrogens (tertiary/aromatic N) is 1. The Kier molecular flexibility index (Phi) is 5.27. The van der Waals surface area contributed by atoms with Crippen LogP contribution in [0.4, 0.5) is 18.0 Å². The molecule has 0 heterocycles. The van der Waals surface area contributed by atoms with E-state index in [-0.39, 0.29) is 5.75 Å². The third kappa shape index (κ3) is 5.68. The summed E-state index contributed by atoms with van der Waals surface area (Å²) < 4.78 is 59.1. The SMILES string of the molecule is O=C(Oc1ccccc1)N(OCC(F)(F)F)S(=O)O. The number of rotatable bonds is 4. The third-order valence-electron chi connectivity index (χ3n) is 1.58. The fourth-order valence-corrected chi connectivity index (χ4v) is 1.23. The molecule has 1 aromatic rings. The molecule has 19 heavy (non-hydrogen) atoms. The second kappa shape index (κ2) is 6.50. The fraction of sp³-hybridized carbons (Fsp3) is 0.222. The fourth-order valence-electron chi connectivity index (χ4n) is 0.920. The number of carbonyl (C=O) groups is 1. The Morgan fingerprint density at radius 1 is 1.32 bits per heavy atom. The number of carbonyl (C=O) groups excluding carboxylic acids is 1. The minimum Gasteiger partial charge on any atom is -0.408 e. The van der Waals surface area contributed by atoms with Gasteiger partial charge >= 0.3 is 12.3 Å². The largest absolute Gasteiger partial charge is 0.454 e. The van der Waals surface area contributed by atoms with Crippen LogP contribution in [0.15, 0.2) is 30.3 Å². The van der Waals surface area contributed by atoms with E-state index in [9.17, 15) is 22.2 Å². The highest BCUT2D eigenvalue weighted by atomic mass is 32.2. The number of hydrogen-bond donors (Lipinski definition) is 1. The lowest BCUT2D eigenvalue weighted by Crippen LogP contribution is -2.37. The zero-order valence-electron chi connectivity index (χ0n) is 9.16. The Balaban J connectivity index is 2.66. The van der Waals surface area contributed by atoms with Gasteiger partial charge in [-0.3, -0.25) is 4.55 Å². The highest BCUT2D eigenvalue weighted by Gasteiger charge is 2.33. The molecule has 1 amide bonds. The maximum Gasteiger partial charge on any atom is 0.454 e. The van der Waals surface area contributed by atoms with E-state index < -0.39 is 34.6 Å². The summed E-state index contributed by atoms with van der Waals surface area (Å²) in [6.07, 6.45) is -6.30. The molecular formula is C9H8F3NO5S. The number of halogens is 3. The Hall–Kier alpha value is -1.65. The molecule has 1 unspecified atom stereocenters. The van der Waals surface area contributed by atoms with Crippen molar-refractivity contribution in [1.29, 1.82) is 0 Å². The van der Waals surface area contributed by atoms with E-state index in [2.05, 4.69) is 9.57 Å². The lowest BCUT2D eigenvalue weighted by Gasteiger charge is -2.17. The number of hydrogen-bond acceptors (Lipinski definition) is 4. The monoisotopic (exact) mass is 299 g/mol. The Labute approximate surface area is 108 Å². The van der Waals surface area contributed by atoms with Crippen LogP contribution < -0.4 is 4.74 Å². The summed E-state index contributed by atoms with van der Waals surface area (Å²) in [4.78, 5) is 15.2. The van der Waals surface area contributed by atoms with E-state index in [1.54, 1.807) is 6.07 Å². The van der Waals surface area contributed by atoms with Gasteiger partial charge in [-0.2, -0.15) is 13.2 Å². The zero-order valence-corrected chi connectivity index (χ0v) is 9.98. The highest BCUT2D eigenvalue weighted by molar-refractivity contribution is 7.77. The summed E-state index contributed by atoms with van der Waals surface area (Å²) in [6.45, 7) is -1.90. The molecule has 6 nitrogen and oxygen atoms in total. The maximum absolute atomic E-state index is 11.9. The highest BCUT2D eigenvalue weighted by Crippen LogP contribution is 2.17. The minimum absolute atomic E-state index is 0.0152. The number of para-hydroxylation sites is 1. The van der Waals surface area contributed by atoms with Crippen LogP contribution in [-0.4, -0.2) is 32.1 Å². The number of alkyl halides is 3. The molecule has 10 heteroatoms. The summed E-state index contributed by atoms with van der Waals surface area (Å²) >= 11 is -3.11. The van der Waals surface area contributed by atoms with Crippen molar-refractivity contribution in [2.75, 3.05) is 6.61 Å². The molecule has 0 aliphatic heterocycles. The van der Waals surface area contributed by atoms with Crippen LogP contribution in [0.2, 0.25) is 0 Å². The predicted molar refractivity (Wildman–Crippen MR) is 57.1 cm³/mol. The molecule has 0 spiro atoms. The van der Waals surface area contributed by atoms with Crippen molar-refractivity contribution in [3.05, 3.63) is 30.3 Å². The number of benzene rings is 1. The molecule has 0 aromatic heterocycles. The predicted octanol–water partition coefficient (Wildman–Crippen LogP) is 2.12. The maximum atomic E-state index is 11.9. The first-order valence-corrected chi connectivity index (χ1v) is 5.73. The van der Waals surface area contributed by atoms with Gasteiger partial charge in [-0.1, -0.05) is 22.7 Å². The van der Waals surface area contributed by atoms with E-state index >= 15 is 0 Å². The van der Waals surface area contributed by atoms with Gasteiger partial charge in [-0.25, -0.2) is 13.8 Å². The zero-order chi connectivity index (χ0) is 14.5. The van der Waals surface area contributed by atoms with Gasteiger partial charge in [-0.05, 0) is 12.1 Å². The molecule has 1 aromatic carbocycles. The van der Waals surface area contributed by atoms with Crippen molar-refractivity contribution in [3.8, 4) is 5.75 Å². The quantitative estimate of drug-likeness (QED) is 0.680. The van der Waals surface area contributed by atoms with Crippen molar-refractivity contribution in [1.82, 2.24) is 4.47 Å². The third-order valence-corrected chi connectivity index (χ3v) is 2.12. The van der Waals surface area contributed by atoms with Gasteiger partial charge in [0.05, 0.1) is 0 Å². The lowest BCUT2D eigenvalue weighted by molar-refractivity contribution is -0.212. The van der Waals surface area contributed by atoms with Crippen LogP contribution in [-0.2, 0) is 16.1 Å². The first-order chi connectivity index (χ1) is 8.79. The summed E-state index contributed by atoms with van der Waals surface area (Å²) in [7, 11) is 0. The standard InChI is InChI=1S/C9H8F3NO5S/c10-9(11,12)6-17-13(19(15)16)8(14)18-7-4-2-1-3-5-7/h1-5H,6H2,(H,15,16). The second-order valence-corrected chi connectivity index (χ2v) is 3.85. The van der Waals surface area contributed by atoms with Crippen LogP contribution >= 0.6 is 0 Å². The van der Waals surface area contributed by atoms with Gasteiger partial charge in [0, 0.05) is 0 Å². The van der Waals surface area contributed by atoms with Gasteiger partial charge in [0.25, 0.3) is 11.3 Å². The van der Waals surface area contributed by atoms with Crippen LogP contribution in [0.5, 0.6) is 5.75 Å². The second-order valence-electron chi connectivity index (χ2n) is 3.06. The summed E-state index contributed by atoms with van der Waals surface area (Å²) in [6, 6.07) is 7.28. The van der Waals surface area contributed by atoms with Crippen molar-refractivity contribution in [3.63, 3.8) is 0 Å². The first-order valence-electron chi connectivity index (χ1n) is 4.67. The average molecular weight is 299 g/mol. The molecular weight excluding hydrogens is 291 g/mol. The molecule has 0 radical (unpaired) electrons. The Morgan fingerprint density at radius 2 is 1.89 bits per heavy atom. The number of amides is 1. The topological polar surface area (TPSA) is 76.1 Å². The van der Waals surface area contributed by atoms with E-state index in [1.807, 2.05) is 0 Å². The van der Waals surface area contributed by atoms with Crippen molar-refractivity contribution >= 4 is 17.4 Å². The molecule has 0 fully saturated rings.